The Morgan fingerprint density at radius 3 is 2.80 bits per heavy atom. The first-order chi connectivity index (χ1) is 7.22. The molecule has 2 rings (SSSR count). The van der Waals surface area contributed by atoms with E-state index in [4.69, 9.17) is 11.6 Å². The van der Waals surface area contributed by atoms with Crippen molar-refractivity contribution in [3.05, 3.63) is 29.8 Å². The van der Waals surface area contributed by atoms with Crippen molar-refractivity contribution in [1.29, 1.82) is 0 Å². The number of hydrogen-bond acceptors (Lipinski definition) is 1. The van der Waals surface area contributed by atoms with Crippen LogP contribution in [0.25, 0.3) is 0 Å². The summed E-state index contributed by atoms with van der Waals surface area (Å²) in [4.78, 5) is 13.6. The topological polar surface area (TPSA) is 20.3 Å². The lowest BCUT2D eigenvalue weighted by Crippen LogP contribution is -2.25. The lowest BCUT2D eigenvalue weighted by Gasteiger charge is -2.18. The fraction of sp³-hybridized carbons (Fsp3) is 0.417. The first-order valence-corrected chi connectivity index (χ1v) is 5.67. The van der Waals surface area contributed by atoms with E-state index >= 15 is 0 Å². The Morgan fingerprint density at radius 2 is 2.20 bits per heavy atom. The van der Waals surface area contributed by atoms with Crippen LogP contribution in [0.1, 0.15) is 12.0 Å². The van der Waals surface area contributed by atoms with Gasteiger partial charge in [0.1, 0.15) is 0 Å². The largest absolute Gasteiger partial charge is 0.312 e. The van der Waals surface area contributed by atoms with Crippen molar-refractivity contribution in [3.63, 3.8) is 0 Å². The second-order valence-corrected chi connectivity index (χ2v) is 4.32. The third kappa shape index (κ3) is 2.00. The average molecular weight is 224 g/mol. The number of halogens is 1. The number of hydrogen-bond donors (Lipinski definition) is 0. The number of alkyl halides is 1. The van der Waals surface area contributed by atoms with Gasteiger partial charge in [-0.05, 0) is 24.5 Å². The van der Waals surface area contributed by atoms with Crippen molar-refractivity contribution in [2.45, 2.75) is 13.3 Å². The Kier molecular flexibility index (Phi) is 2.96. The number of benzene rings is 1. The molecule has 0 aromatic heterocycles. The van der Waals surface area contributed by atoms with Crippen LogP contribution in [-0.2, 0) is 4.79 Å². The predicted molar refractivity (Wildman–Crippen MR) is 62.4 cm³/mol. The predicted octanol–water partition coefficient (Wildman–Crippen LogP) is 2.59. The summed E-state index contributed by atoms with van der Waals surface area (Å²) in [6, 6.07) is 7.96. The summed E-state index contributed by atoms with van der Waals surface area (Å²) in [6.07, 6.45) is 0.581. The van der Waals surface area contributed by atoms with Crippen LogP contribution in [0.15, 0.2) is 24.3 Å². The molecule has 0 bridgehead atoms. The molecule has 0 saturated carbocycles. The molecular weight excluding hydrogens is 210 g/mol. The molecule has 1 aromatic carbocycles. The number of aryl methyl sites for hydroxylation is 1. The molecule has 1 saturated heterocycles. The summed E-state index contributed by atoms with van der Waals surface area (Å²) in [7, 11) is 0. The Morgan fingerprint density at radius 1 is 1.47 bits per heavy atom. The van der Waals surface area contributed by atoms with E-state index in [1.807, 2.05) is 36.1 Å². The molecule has 1 aromatic rings. The number of carbonyl (C=O) groups excluding carboxylic acids is 1. The second kappa shape index (κ2) is 4.23. The van der Waals surface area contributed by atoms with E-state index < -0.39 is 0 Å². The van der Waals surface area contributed by atoms with E-state index in [1.165, 1.54) is 0 Å². The zero-order chi connectivity index (χ0) is 10.8. The quantitative estimate of drug-likeness (QED) is 0.706. The van der Waals surface area contributed by atoms with Gasteiger partial charge in [-0.3, -0.25) is 4.79 Å². The maximum Gasteiger partial charge on any atom is 0.227 e. The van der Waals surface area contributed by atoms with E-state index in [0.717, 1.165) is 17.8 Å². The molecule has 15 heavy (non-hydrogen) atoms. The maximum atomic E-state index is 11.8. The van der Waals surface area contributed by atoms with E-state index in [-0.39, 0.29) is 5.91 Å². The number of para-hydroxylation sites is 1. The second-order valence-electron chi connectivity index (χ2n) is 4.02. The minimum Gasteiger partial charge on any atom is -0.312 e. The molecule has 0 radical (unpaired) electrons. The van der Waals surface area contributed by atoms with Crippen LogP contribution in [0, 0.1) is 12.8 Å². The highest BCUT2D eigenvalue weighted by Gasteiger charge is 2.30. The van der Waals surface area contributed by atoms with Gasteiger partial charge in [0.25, 0.3) is 0 Å². The van der Waals surface area contributed by atoms with Crippen LogP contribution in [0.2, 0.25) is 0 Å². The third-order valence-corrected chi connectivity index (χ3v) is 3.27. The number of nitrogens with zero attached hydrogens (tertiary/aromatic N) is 1. The van der Waals surface area contributed by atoms with Gasteiger partial charge in [-0.2, -0.15) is 0 Å². The van der Waals surface area contributed by atoms with Crippen molar-refractivity contribution in [1.82, 2.24) is 0 Å². The average Bonchev–Trinajstić information content (AvgIpc) is 2.60. The van der Waals surface area contributed by atoms with Gasteiger partial charge >= 0.3 is 0 Å². The standard InChI is InChI=1S/C12H14ClNO/c1-9-4-2-3-5-11(9)14-8-10(7-13)6-12(14)15/h2-5,10H,6-8H2,1H3. The smallest absolute Gasteiger partial charge is 0.227 e. The highest BCUT2D eigenvalue weighted by molar-refractivity contribution is 6.18. The highest BCUT2D eigenvalue weighted by Crippen LogP contribution is 2.27. The molecule has 80 valence electrons. The van der Waals surface area contributed by atoms with Crippen LogP contribution < -0.4 is 4.90 Å². The maximum absolute atomic E-state index is 11.8. The van der Waals surface area contributed by atoms with Crippen LogP contribution in [-0.4, -0.2) is 18.3 Å². The molecule has 1 heterocycles. The molecule has 1 unspecified atom stereocenters. The molecule has 1 aliphatic rings. The lowest BCUT2D eigenvalue weighted by molar-refractivity contribution is -0.117. The lowest BCUT2D eigenvalue weighted by atomic mass is 10.1. The summed E-state index contributed by atoms with van der Waals surface area (Å²) < 4.78 is 0. The Bertz CT molecular complexity index is 378. The Hall–Kier alpha value is -1.02. The molecule has 2 nitrogen and oxygen atoms in total. The Balaban J connectivity index is 2.25. The zero-order valence-electron chi connectivity index (χ0n) is 8.74. The summed E-state index contributed by atoms with van der Waals surface area (Å²) in [5, 5.41) is 0. The SMILES string of the molecule is Cc1ccccc1N1CC(CCl)CC1=O. The van der Waals surface area contributed by atoms with E-state index in [9.17, 15) is 4.79 Å². The molecule has 1 aliphatic heterocycles. The van der Waals surface area contributed by atoms with Gasteiger partial charge in [-0.1, -0.05) is 18.2 Å². The van der Waals surface area contributed by atoms with Gasteiger partial charge in [0.05, 0.1) is 0 Å². The molecule has 3 heteroatoms. The van der Waals surface area contributed by atoms with Crippen LogP contribution >= 0.6 is 11.6 Å². The Labute approximate surface area is 94.8 Å². The van der Waals surface area contributed by atoms with Crippen LogP contribution in [0.4, 0.5) is 5.69 Å². The zero-order valence-corrected chi connectivity index (χ0v) is 9.50. The first kappa shape index (κ1) is 10.5. The van der Waals surface area contributed by atoms with Gasteiger partial charge in [0.2, 0.25) is 5.91 Å². The van der Waals surface area contributed by atoms with Crippen LogP contribution in [0.5, 0.6) is 0 Å². The van der Waals surface area contributed by atoms with Crippen molar-refractivity contribution in [2.75, 3.05) is 17.3 Å². The summed E-state index contributed by atoms with van der Waals surface area (Å²) in [5.41, 5.74) is 2.16. The van der Waals surface area contributed by atoms with E-state index in [1.54, 1.807) is 0 Å². The number of rotatable bonds is 2. The molecule has 1 atom stereocenters. The van der Waals surface area contributed by atoms with Gasteiger partial charge in [0.15, 0.2) is 0 Å². The van der Waals surface area contributed by atoms with Gasteiger partial charge in [0, 0.05) is 24.5 Å². The fourth-order valence-corrected chi connectivity index (χ4v) is 2.19. The fourth-order valence-electron chi connectivity index (χ4n) is 1.98. The van der Waals surface area contributed by atoms with Gasteiger partial charge < -0.3 is 4.90 Å². The highest BCUT2D eigenvalue weighted by atomic mass is 35.5. The minimum atomic E-state index is 0.190. The van der Waals surface area contributed by atoms with Crippen LogP contribution in [0.3, 0.4) is 0 Å². The van der Waals surface area contributed by atoms with E-state index in [0.29, 0.717) is 18.2 Å². The molecular formula is C12H14ClNO. The number of amides is 1. The monoisotopic (exact) mass is 223 g/mol. The summed E-state index contributed by atoms with van der Waals surface area (Å²) in [6.45, 7) is 2.78. The molecule has 1 amide bonds. The van der Waals surface area contributed by atoms with E-state index in [2.05, 4.69) is 0 Å². The van der Waals surface area contributed by atoms with Gasteiger partial charge in [-0.15, -0.1) is 11.6 Å². The molecule has 0 spiro atoms. The van der Waals surface area contributed by atoms with Crippen molar-refractivity contribution < 1.29 is 4.79 Å². The normalized spacial score (nSPS) is 21.1. The molecule has 0 N–H and O–H groups in total. The first-order valence-electron chi connectivity index (χ1n) is 5.14. The van der Waals surface area contributed by atoms with Crippen molar-refractivity contribution >= 4 is 23.2 Å². The summed E-state index contributed by atoms with van der Waals surface area (Å²) >= 11 is 5.79. The van der Waals surface area contributed by atoms with Crippen molar-refractivity contribution in [2.24, 2.45) is 5.92 Å². The summed E-state index contributed by atoms with van der Waals surface area (Å²) in [5.74, 6) is 1.06. The van der Waals surface area contributed by atoms with Gasteiger partial charge in [-0.25, -0.2) is 0 Å². The molecule has 0 aliphatic carbocycles. The minimum absolute atomic E-state index is 0.190. The number of anilines is 1. The van der Waals surface area contributed by atoms with Crippen molar-refractivity contribution in [3.8, 4) is 0 Å². The molecule has 1 fully saturated rings. The number of carbonyl (C=O) groups is 1. The third-order valence-electron chi connectivity index (χ3n) is 2.83.